The van der Waals surface area contributed by atoms with Crippen molar-refractivity contribution in [1.82, 2.24) is 9.47 Å². The minimum Gasteiger partial charge on any atom is -0.390 e. The van der Waals surface area contributed by atoms with Crippen LogP contribution in [0.1, 0.15) is 69.0 Å². The van der Waals surface area contributed by atoms with E-state index in [1.165, 1.54) is 54.3 Å². The smallest absolute Gasteiger partial charge is 0.0647 e. The number of hydrogen-bond acceptors (Lipinski definition) is 2. The van der Waals surface area contributed by atoms with Crippen LogP contribution in [0.25, 0.3) is 10.9 Å². The van der Waals surface area contributed by atoms with Gasteiger partial charge in [0.1, 0.15) is 0 Å². The Labute approximate surface area is 168 Å². The third kappa shape index (κ3) is 4.21. The topological polar surface area (TPSA) is 28.4 Å². The lowest BCUT2D eigenvalue weighted by atomic mass is 9.81. The Morgan fingerprint density at radius 3 is 2.74 bits per heavy atom. The summed E-state index contributed by atoms with van der Waals surface area (Å²) in [5.74, 6) is 0. The van der Waals surface area contributed by atoms with Gasteiger partial charge in [-0.25, -0.2) is 0 Å². The number of rotatable bonds is 6. The summed E-state index contributed by atoms with van der Waals surface area (Å²) in [6, 6.07) is 6.36. The normalized spacial score (nSPS) is 20.1. The summed E-state index contributed by atoms with van der Waals surface area (Å²) in [7, 11) is 2.20. The van der Waals surface area contributed by atoms with Crippen LogP contribution in [0.5, 0.6) is 0 Å². The number of likely N-dealkylation sites (N-methyl/N-ethyl adjacent to an activating group) is 1. The number of aromatic nitrogens is 1. The summed E-state index contributed by atoms with van der Waals surface area (Å²) >= 11 is 6.29. The Morgan fingerprint density at radius 1 is 1.11 bits per heavy atom. The van der Waals surface area contributed by atoms with Crippen LogP contribution in [0.2, 0.25) is 5.02 Å². The molecule has 0 atom stereocenters. The monoisotopic (exact) mass is 388 g/mol. The molecule has 2 aromatic rings. The number of aliphatic hydroxyl groups is 1. The second kappa shape index (κ2) is 8.14. The van der Waals surface area contributed by atoms with Crippen molar-refractivity contribution < 1.29 is 5.11 Å². The van der Waals surface area contributed by atoms with Gasteiger partial charge in [-0.15, -0.1) is 0 Å². The maximum atomic E-state index is 10.7. The van der Waals surface area contributed by atoms with Crippen molar-refractivity contribution in [3.05, 3.63) is 34.5 Å². The third-order valence-corrected chi connectivity index (χ3v) is 6.95. The van der Waals surface area contributed by atoms with Gasteiger partial charge in [-0.2, -0.15) is 0 Å². The maximum Gasteiger partial charge on any atom is 0.0647 e. The average Bonchev–Trinajstić information content (AvgIpc) is 2.94. The summed E-state index contributed by atoms with van der Waals surface area (Å²) in [5.41, 5.74) is 3.96. The molecule has 1 aromatic heterocycles. The van der Waals surface area contributed by atoms with E-state index in [0.29, 0.717) is 0 Å². The zero-order valence-electron chi connectivity index (χ0n) is 16.6. The van der Waals surface area contributed by atoms with Gasteiger partial charge in [0.15, 0.2) is 0 Å². The van der Waals surface area contributed by atoms with E-state index in [1.807, 2.05) is 6.07 Å². The zero-order chi connectivity index (χ0) is 18.9. The molecular weight excluding hydrogens is 356 g/mol. The van der Waals surface area contributed by atoms with Crippen molar-refractivity contribution in [2.45, 2.75) is 82.9 Å². The minimum atomic E-state index is -0.362. The highest BCUT2D eigenvalue weighted by Crippen LogP contribution is 2.34. The molecule has 2 heterocycles. The molecule has 1 aliphatic carbocycles. The first-order valence-corrected chi connectivity index (χ1v) is 11.1. The molecule has 1 aromatic carbocycles. The van der Waals surface area contributed by atoms with Crippen LogP contribution in [0.3, 0.4) is 0 Å². The molecular formula is C23H33ClN2O. The van der Waals surface area contributed by atoms with E-state index in [4.69, 9.17) is 11.6 Å². The van der Waals surface area contributed by atoms with Crippen LogP contribution in [0, 0.1) is 0 Å². The first-order valence-electron chi connectivity index (χ1n) is 10.8. The molecule has 4 heteroatoms. The Morgan fingerprint density at radius 2 is 1.93 bits per heavy atom. The number of unbranched alkanes of at least 4 members (excludes halogenated alkanes) is 2. The molecule has 0 spiro atoms. The second-order valence-electron chi connectivity index (χ2n) is 8.82. The van der Waals surface area contributed by atoms with E-state index < -0.39 is 0 Å². The van der Waals surface area contributed by atoms with E-state index in [9.17, 15) is 5.11 Å². The van der Waals surface area contributed by atoms with Gasteiger partial charge >= 0.3 is 0 Å². The van der Waals surface area contributed by atoms with Crippen molar-refractivity contribution >= 4 is 22.5 Å². The first-order chi connectivity index (χ1) is 13.1. The van der Waals surface area contributed by atoms with Crippen molar-refractivity contribution in [2.24, 2.45) is 0 Å². The lowest BCUT2D eigenvalue weighted by Crippen LogP contribution is -2.31. The third-order valence-electron chi connectivity index (χ3n) is 6.72. The van der Waals surface area contributed by atoms with E-state index in [-0.39, 0.29) is 5.60 Å². The molecule has 4 rings (SSSR count). The summed E-state index contributed by atoms with van der Waals surface area (Å²) in [5, 5.41) is 12.8. The second-order valence-corrected chi connectivity index (χ2v) is 9.26. The lowest BCUT2D eigenvalue weighted by molar-refractivity contribution is -0.00590. The van der Waals surface area contributed by atoms with Crippen LogP contribution in [0.15, 0.2) is 18.2 Å². The van der Waals surface area contributed by atoms with Gasteiger partial charge in [-0.05, 0) is 56.5 Å². The number of aryl methyl sites for hydroxylation is 1. The molecule has 0 radical (unpaired) electrons. The molecule has 0 amide bonds. The number of fused-ring (bicyclic) bond motifs is 3. The fourth-order valence-electron chi connectivity index (χ4n) is 5.17. The predicted molar refractivity (Wildman–Crippen MR) is 113 cm³/mol. The number of nitrogens with zero attached hydrogens (tertiary/aromatic N) is 2. The largest absolute Gasteiger partial charge is 0.390 e. The Balaban J connectivity index is 1.41. The quantitative estimate of drug-likeness (QED) is 0.658. The predicted octanol–water partition coefficient (Wildman–Crippen LogP) is 5.54. The molecule has 148 valence electrons. The van der Waals surface area contributed by atoms with E-state index >= 15 is 0 Å². The van der Waals surface area contributed by atoms with Crippen LogP contribution in [0.4, 0.5) is 0 Å². The molecule has 1 aliphatic heterocycles. The molecule has 1 saturated carbocycles. The van der Waals surface area contributed by atoms with Gasteiger partial charge in [-0.3, -0.25) is 0 Å². The van der Waals surface area contributed by atoms with Crippen molar-refractivity contribution in [2.75, 3.05) is 13.6 Å². The zero-order valence-corrected chi connectivity index (χ0v) is 17.4. The van der Waals surface area contributed by atoms with Crippen LogP contribution in [-0.4, -0.2) is 33.8 Å². The van der Waals surface area contributed by atoms with E-state index in [0.717, 1.165) is 56.8 Å². The Bertz CT molecular complexity index is 791. The summed E-state index contributed by atoms with van der Waals surface area (Å²) in [6.07, 6.45) is 11.4. The highest BCUT2D eigenvalue weighted by Gasteiger charge is 2.28. The van der Waals surface area contributed by atoms with Crippen LogP contribution >= 0.6 is 11.6 Å². The first kappa shape index (κ1) is 19.3. The highest BCUT2D eigenvalue weighted by molar-refractivity contribution is 6.31. The van der Waals surface area contributed by atoms with E-state index in [2.05, 4.69) is 28.6 Å². The molecule has 3 nitrogen and oxygen atoms in total. The van der Waals surface area contributed by atoms with Crippen LogP contribution in [-0.2, 0) is 19.5 Å². The molecule has 1 fully saturated rings. The summed E-state index contributed by atoms with van der Waals surface area (Å²) in [6.45, 7) is 3.23. The van der Waals surface area contributed by atoms with Gasteiger partial charge in [0.2, 0.25) is 0 Å². The van der Waals surface area contributed by atoms with Crippen molar-refractivity contribution in [1.29, 1.82) is 0 Å². The summed E-state index contributed by atoms with van der Waals surface area (Å²) in [4.78, 5) is 2.40. The molecule has 27 heavy (non-hydrogen) atoms. The Kier molecular flexibility index (Phi) is 5.82. The number of benzene rings is 1. The molecule has 0 bridgehead atoms. The minimum absolute atomic E-state index is 0.362. The molecule has 1 N–H and O–H groups in total. The lowest BCUT2D eigenvalue weighted by Gasteiger charge is -2.32. The molecule has 0 unspecified atom stereocenters. The Hall–Kier alpha value is -1.03. The number of hydrogen-bond donors (Lipinski definition) is 1. The van der Waals surface area contributed by atoms with Gasteiger partial charge in [0, 0.05) is 47.7 Å². The van der Waals surface area contributed by atoms with Gasteiger partial charge in [0.05, 0.1) is 5.60 Å². The SMILES string of the molecule is CN1CCc2c(c3cc(Cl)ccc3n2CCCCCC2(O)CCCCC2)C1. The van der Waals surface area contributed by atoms with Crippen molar-refractivity contribution in [3.8, 4) is 0 Å². The standard InChI is InChI=1S/C23H33ClN2O/c1-25-15-10-22-20(17-25)19-16-18(24)8-9-21(19)26(22)14-7-3-6-13-23(27)11-4-2-5-12-23/h8-9,16,27H,2-7,10-15,17H2,1H3. The van der Waals surface area contributed by atoms with Crippen LogP contribution < -0.4 is 0 Å². The molecule has 2 aliphatic rings. The number of halogens is 1. The summed E-state index contributed by atoms with van der Waals surface area (Å²) < 4.78 is 2.54. The van der Waals surface area contributed by atoms with E-state index in [1.54, 1.807) is 0 Å². The fourth-order valence-corrected chi connectivity index (χ4v) is 5.35. The average molecular weight is 389 g/mol. The highest BCUT2D eigenvalue weighted by atomic mass is 35.5. The van der Waals surface area contributed by atoms with Gasteiger partial charge < -0.3 is 14.6 Å². The van der Waals surface area contributed by atoms with Crippen molar-refractivity contribution in [3.63, 3.8) is 0 Å². The molecule has 0 saturated heterocycles. The maximum absolute atomic E-state index is 10.7. The fraction of sp³-hybridized carbons (Fsp3) is 0.652. The van der Waals surface area contributed by atoms with Gasteiger partial charge in [0.25, 0.3) is 0 Å². The van der Waals surface area contributed by atoms with Gasteiger partial charge in [-0.1, -0.05) is 43.7 Å².